The fourth-order valence-corrected chi connectivity index (χ4v) is 2.13. The Morgan fingerprint density at radius 2 is 1.86 bits per heavy atom. The van der Waals surface area contributed by atoms with Crippen molar-refractivity contribution in [3.8, 4) is 11.4 Å². The second-order valence-corrected chi connectivity index (χ2v) is 5.77. The zero-order valence-corrected chi connectivity index (χ0v) is 14.2. The molecule has 112 valence electrons. The van der Waals surface area contributed by atoms with Crippen LogP contribution >= 0.6 is 12.2 Å². The molecule has 5 heteroatoms. The fraction of sp³-hybridized carbons (Fsp3) is 0.375. The van der Waals surface area contributed by atoms with Crippen molar-refractivity contribution in [2.75, 3.05) is 14.1 Å². The van der Waals surface area contributed by atoms with Crippen molar-refractivity contribution >= 4 is 17.4 Å². The van der Waals surface area contributed by atoms with Crippen LogP contribution in [0, 0.1) is 27.7 Å². The molecule has 0 amide bonds. The Kier molecular flexibility index (Phi) is 4.32. The minimum Gasteiger partial charge on any atom is -0.432 e. The highest BCUT2D eigenvalue weighted by Gasteiger charge is 2.11. The minimum absolute atomic E-state index is 0.452. The number of benzene rings is 1. The highest BCUT2D eigenvalue weighted by Crippen LogP contribution is 2.24. The molecule has 0 saturated carbocycles. The monoisotopic (exact) mass is 303 g/mol. The van der Waals surface area contributed by atoms with Gasteiger partial charge in [0.25, 0.3) is 5.17 Å². The largest absolute Gasteiger partial charge is 0.432 e. The van der Waals surface area contributed by atoms with Crippen LogP contribution in [0.3, 0.4) is 0 Å². The summed E-state index contributed by atoms with van der Waals surface area (Å²) in [6.45, 7) is 8.21. The van der Waals surface area contributed by atoms with Crippen molar-refractivity contribution in [2.24, 2.45) is 0 Å². The van der Waals surface area contributed by atoms with Gasteiger partial charge >= 0.3 is 0 Å². The SMILES string of the molecule is Cc1cc(-n2nc(C)c(C)c2C)ccc1OC(=S)N(C)C. The highest BCUT2D eigenvalue weighted by atomic mass is 32.1. The molecule has 0 N–H and O–H groups in total. The van der Waals surface area contributed by atoms with Crippen molar-refractivity contribution in [1.82, 2.24) is 14.7 Å². The van der Waals surface area contributed by atoms with E-state index in [4.69, 9.17) is 17.0 Å². The van der Waals surface area contributed by atoms with Gasteiger partial charge in [0, 0.05) is 19.8 Å². The van der Waals surface area contributed by atoms with E-state index in [0.717, 1.165) is 28.4 Å². The molecule has 0 aliphatic rings. The van der Waals surface area contributed by atoms with E-state index in [-0.39, 0.29) is 0 Å². The van der Waals surface area contributed by atoms with Gasteiger partial charge in [-0.3, -0.25) is 0 Å². The van der Waals surface area contributed by atoms with Gasteiger partial charge in [-0.25, -0.2) is 4.68 Å². The highest BCUT2D eigenvalue weighted by molar-refractivity contribution is 7.80. The number of hydrogen-bond acceptors (Lipinski definition) is 3. The molecule has 0 aliphatic heterocycles. The lowest BCUT2D eigenvalue weighted by molar-refractivity contribution is 0.447. The molecule has 0 bridgehead atoms. The summed E-state index contributed by atoms with van der Waals surface area (Å²) >= 11 is 5.17. The topological polar surface area (TPSA) is 30.3 Å². The number of aromatic nitrogens is 2. The predicted octanol–water partition coefficient (Wildman–Crippen LogP) is 3.33. The Morgan fingerprint density at radius 3 is 2.33 bits per heavy atom. The number of rotatable bonds is 2. The average Bonchev–Trinajstić information content (AvgIpc) is 2.68. The maximum absolute atomic E-state index is 5.68. The Bertz CT molecular complexity index is 689. The molecule has 0 saturated heterocycles. The molecular weight excluding hydrogens is 282 g/mol. The van der Waals surface area contributed by atoms with Gasteiger partial charge in [-0.1, -0.05) is 0 Å². The first-order valence-corrected chi connectivity index (χ1v) is 7.25. The molecule has 0 aliphatic carbocycles. The van der Waals surface area contributed by atoms with Crippen molar-refractivity contribution in [3.05, 3.63) is 40.7 Å². The number of hydrogen-bond donors (Lipinski definition) is 0. The van der Waals surface area contributed by atoms with Gasteiger partial charge in [-0.15, -0.1) is 0 Å². The van der Waals surface area contributed by atoms with Crippen LogP contribution in [-0.4, -0.2) is 34.0 Å². The lowest BCUT2D eigenvalue weighted by Crippen LogP contribution is -2.25. The second-order valence-electron chi connectivity index (χ2n) is 5.42. The lowest BCUT2D eigenvalue weighted by atomic mass is 10.2. The average molecular weight is 303 g/mol. The molecule has 2 rings (SSSR count). The normalized spacial score (nSPS) is 10.6. The maximum Gasteiger partial charge on any atom is 0.264 e. The molecule has 4 nitrogen and oxygen atoms in total. The van der Waals surface area contributed by atoms with Crippen LogP contribution < -0.4 is 4.74 Å². The Morgan fingerprint density at radius 1 is 1.19 bits per heavy atom. The maximum atomic E-state index is 5.68. The summed E-state index contributed by atoms with van der Waals surface area (Å²) < 4.78 is 7.65. The number of aryl methyl sites for hydroxylation is 2. The summed E-state index contributed by atoms with van der Waals surface area (Å²) in [6, 6.07) is 6.00. The van der Waals surface area contributed by atoms with Gasteiger partial charge < -0.3 is 9.64 Å². The van der Waals surface area contributed by atoms with Gasteiger partial charge in [0.15, 0.2) is 0 Å². The fourth-order valence-electron chi connectivity index (χ4n) is 2.04. The number of ether oxygens (including phenoxy) is 1. The van der Waals surface area contributed by atoms with E-state index in [0.29, 0.717) is 5.17 Å². The summed E-state index contributed by atoms with van der Waals surface area (Å²) in [7, 11) is 3.73. The number of nitrogens with zero attached hydrogens (tertiary/aromatic N) is 3. The number of thiocarbonyl (C=S) groups is 1. The first-order valence-electron chi connectivity index (χ1n) is 6.84. The van der Waals surface area contributed by atoms with Crippen LogP contribution in [0.15, 0.2) is 18.2 Å². The van der Waals surface area contributed by atoms with E-state index in [1.165, 1.54) is 5.56 Å². The van der Waals surface area contributed by atoms with Gasteiger partial charge in [-0.05, 0) is 69.2 Å². The third-order valence-corrected chi connectivity index (χ3v) is 4.07. The van der Waals surface area contributed by atoms with E-state index in [1.807, 2.05) is 44.8 Å². The summed E-state index contributed by atoms with van der Waals surface area (Å²) in [5.74, 6) is 0.774. The molecule has 2 aromatic rings. The van der Waals surface area contributed by atoms with E-state index >= 15 is 0 Å². The molecule has 0 spiro atoms. The van der Waals surface area contributed by atoms with Crippen LogP contribution in [0.2, 0.25) is 0 Å². The van der Waals surface area contributed by atoms with E-state index < -0.39 is 0 Å². The third kappa shape index (κ3) is 3.08. The van der Waals surface area contributed by atoms with Crippen LogP contribution in [0.1, 0.15) is 22.5 Å². The van der Waals surface area contributed by atoms with Crippen molar-refractivity contribution in [1.29, 1.82) is 0 Å². The predicted molar refractivity (Wildman–Crippen MR) is 89.4 cm³/mol. The molecule has 21 heavy (non-hydrogen) atoms. The smallest absolute Gasteiger partial charge is 0.264 e. The van der Waals surface area contributed by atoms with Crippen LogP contribution in [0.25, 0.3) is 5.69 Å². The van der Waals surface area contributed by atoms with Crippen molar-refractivity contribution in [3.63, 3.8) is 0 Å². The van der Waals surface area contributed by atoms with Crippen LogP contribution in [0.5, 0.6) is 5.75 Å². The van der Waals surface area contributed by atoms with Gasteiger partial charge in [-0.2, -0.15) is 5.10 Å². The summed E-state index contributed by atoms with van der Waals surface area (Å²) in [5, 5.41) is 5.03. The zero-order valence-electron chi connectivity index (χ0n) is 13.4. The van der Waals surface area contributed by atoms with E-state index in [2.05, 4.69) is 25.0 Å². The van der Waals surface area contributed by atoms with Crippen LogP contribution in [-0.2, 0) is 0 Å². The molecule has 1 aromatic carbocycles. The van der Waals surface area contributed by atoms with Gasteiger partial charge in [0.2, 0.25) is 0 Å². The standard InChI is InChI=1S/C16H21N3OS/c1-10-9-14(19-13(4)11(2)12(3)17-19)7-8-15(10)20-16(21)18(5)6/h7-9H,1-6H3. The Balaban J connectivity index is 2.35. The Labute approximate surface area is 131 Å². The molecule has 1 heterocycles. The van der Waals surface area contributed by atoms with Crippen molar-refractivity contribution < 1.29 is 4.74 Å². The van der Waals surface area contributed by atoms with Crippen molar-refractivity contribution in [2.45, 2.75) is 27.7 Å². The first kappa shape index (κ1) is 15.5. The minimum atomic E-state index is 0.452. The van der Waals surface area contributed by atoms with E-state index in [9.17, 15) is 0 Å². The molecule has 0 fully saturated rings. The third-order valence-electron chi connectivity index (χ3n) is 3.62. The van der Waals surface area contributed by atoms with Crippen LogP contribution in [0.4, 0.5) is 0 Å². The quantitative estimate of drug-likeness (QED) is 0.796. The summed E-state index contributed by atoms with van der Waals surface area (Å²) in [5.41, 5.74) is 5.50. The van der Waals surface area contributed by atoms with Gasteiger partial charge in [0.05, 0.1) is 11.4 Å². The lowest BCUT2D eigenvalue weighted by Gasteiger charge is -2.16. The summed E-state index contributed by atoms with van der Waals surface area (Å²) in [4.78, 5) is 1.77. The summed E-state index contributed by atoms with van der Waals surface area (Å²) in [6.07, 6.45) is 0. The molecular formula is C16H21N3OS. The molecule has 0 radical (unpaired) electrons. The molecule has 0 unspecified atom stereocenters. The molecule has 1 aromatic heterocycles. The Hall–Kier alpha value is -1.88. The van der Waals surface area contributed by atoms with E-state index in [1.54, 1.807) is 4.90 Å². The first-order chi connectivity index (χ1) is 9.81. The zero-order chi connectivity index (χ0) is 15.7. The molecule has 0 atom stereocenters. The van der Waals surface area contributed by atoms with Gasteiger partial charge in [0.1, 0.15) is 5.75 Å². The second kappa shape index (κ2) is 5.85.